The highest BCUT2D eigenvalue weighted by molar-refractivity contribution is 7.22. The minimum atomic E-state index is 0.0127. The number of carbonyl (C=O) groups is 1. The zero-order valence-electron chi connectivity index (χ0n) is 14.5. The number of methoxy groups -OCH3 is 1. The average molecular weight is 392 g/mol. The summed E-state index contributed by atoms with van der Waals surface area (Å²) in [4.78, 5) is 21.4. The summed E-state index contributed by atoms with van der Waals surface area (Å²) >= 11 is 7.87. The van der Waals surface area contributed by atoms with E-state index in [1.165, 1.54) is 0 Å². The fourth-order valence-corrected chi connectivity index (χ4v) is 4.40. The van der Waals surface area contributed by atoms with Crippen LogP contribution in [0.3, 0.4) is 0 Å². The molecule has 0 unspecified atom stereocenters. The van der Waals surface area contributed by atoms with Gasteiger partial charge < -0.3 is 14.5 Å². The Balaban J connectivity index is 1.52. The molecule has 0 N–H and O–H groups in total. The number of amides is 1. The molecule has 1 aliphatic rings. The summed E-state index contributed by atoms with van der Waals surface area (Å²) in [5, 5.41) is 5.65. The van der Waals surface area contributed by atoms with Crippen LogP contribution in [0, 0.1) is 0 Å². The Hall–Kier alpha value is -2.32. The number of anilines is 1. The van der Waals surface area contributed by atoms with Crippen molar-refractivity contribution in [1.29, 1.82) is 0 Å². The molecule has 4 rings (SSSR count). The minimum absolute atomic E-state index is 0.0127. The normalized spacial score (nSPS) is 14.9. The summed E-state index contributed by atoms with van der Waals surface area (Å²) in [6, 6.07) is 5.41. The van der Waals surface area contributed by atoms with Crippen LogP contribution >= 0.6 is 22.9 Å². The number of aryl methyl sites for hydroxylation is 1. The third kappa shape index (κ3) is 2.89. The van der Waals surface area contributed by atoms with Gasteiger partial charge in [0.15, 0.2) is 5.13 Å². The number of aromatic nitrogens is 3. The molecule has 0 aliphatic carbocycles. The first-order chi connectivity index (χ1) is 12.6. The largest absolute Gasteiger partial charge is 0.494 e. The van der Waals surface area contributed by atoms with Gasteiger partial charge in [0.25, 0.3) is 5.91 Å². The molecule has 0 saturated carbocycles. The molecule has 0 radical (unpaired) electrons. The van der Waals surface area contributed by atoms with Crippen molar-refractivity contribution in [3.63, 3.8) is 0 Å². The van der Waals surface area contributed by atoms with Crippen LogP contribution in [0.2, 0.25) is 5.02 Å². The number of halogens is 1. The molecule has 3 heterocycles. The molecule has 0 atom stereocenters. The average Bonchev–Trinajstić information content (AvgIpc) is 3.29. The Morgan fingerprint density at radius 2 is 2.00 bits per heavy atom. The van der Waals surface area contributed by atoms with E-state index in [1.807, 2.05) is 17.0 Å². The molecule has 3 aromatic rings. The predicted molar refractivity (Wildman–Crippen MR) is 103 cm³/mol. The summed E-state index contributed by atoms with van der Waals surface area (Å²) in [6.45, 7) is 2.74. The van der Waals surface area contributed by atoms with Gasteiger partial charge in [-0.25, -0.2) is 4.98 Å². The van der Waals surface area contributed by atoms with Crippen molar-refractivity contribution in [3.05, 3.63) is 35.1 Å². The van der Waals surface area contributed by atoms with Crippen molar-refractivity contribution < 1.29 is 9.53 Å². The van der Waals surface area contributed by atoms with Crippen LogP contribution in [0.25, 0.3) is 10.2 Å². The van der Waals surface area contributed by atoms with Gasteiger partial charge in [-0.05, 0) is 18.2 Å². The fourth-order valence-electron chi connectivity index (χ4n) is 3.09. The Morgan fingerprint density at radius 1 is 1.23 bits per heavy atom. The van der Waals surface area contributed by atoms with Crippen LogP contribution in [-0.4, -0.2) is 58.9 Å². The van der Waals surface area contributed by atoms with Gasteiger partial charge in [0.2, 0.25) is 0 Å². The Morgan fingerprint density at radius 3 is 2.65 bits per heavy atom. The second-order valence-electron chi connectivity index (χ2n) is 6.04. The first-order valence-corrected chi connectivity index (χ1v) is 9.43. The molecule has 1 aromatic carbocycles. The highest BCUT2D eigenvalue weighted by Gasteiger charge is 2.26. The topological polar surface area (TPSA) is 63.5 Å². The van der Waals surface area contributed by atoms with Crippen LogP contribution in [-0.2, 0) is 7.05 Å². The monoisotopic (exact) mass is 391 g/mol. The smallest absolute Gasteiger partial charge is 0.272 e. The second-order valence-corrected chi connectivity index (χ2v) is 7.43. The van der Waals surface area contributed by atoms with E-state index in [9.17, 15) is 4.79 Å². The molecule has 1 aliphatic heterocycles. The van der Waals surface area contributed by atoms with Crippen molar-refractivity contribution in [2.24, 2.45) is 7.05 Å². The number of carbonyl (C=O) groups excluding carboxylic acids is 1. The summed E-state index contributed by atoms with van der Waals surface area (Å²) in [7, 11) is 3.41. The summed E-state index contributed by atoms with van der Waals surface area (Å²) < 4.78 is 7.92. The minimum Gasteiger partial charge on any atom is -0.494 e. The molecule has 2 aromatic heterocycles. The molecule has 1 fully saturated rings. The number of rotatable bonds is 3. The maximum absolute atomic E-state index is 12.6. The van der Waals surface area contributed by atoms with Crippen LogP contribution in [0.1, 0.15) is 10.5 Å². The van der Waals surface area contributed by atoms with E-state index in [0.29, 0.717) is 23.8 Å². The van der Waals surface area contributed by atoms with Gasteiger partial charge in [0.05, 0.1) is 16.8 Å². The van der Waals surface area contributed by atoms with Crippen molar-refractivity contribution in [1.82, 2.24) is 19.7 Å². The molecule has 0 spiro atoms. The maximum atomic E-state index is 12.6. The number of ether oxygens (including phenoxy) is 1. The van der Waals surface area contributed by atoms with Gasteiger partial charge in [-0.2, -0.15) is 5.10 Å². The zero-order chi connectivity index (χ0) is 18.3. The Kier molecular flexibility index (Phi) is 4.46. The van der Waals surface area contributed by atoms with Crippen molar-refractivity contribution in [2.45, 2.75) is 0 Å². The lowest BCUT2D eigenvalue weighted by molar-refractivity contribution is 0.0735. The van der Waals surface area contributed by atoms with E-state index in [-0.39, 0.29) is 5.91 Å². The number of hydrogen-bond donors (Lipinski definition) is 0. The summed E-state index contributed by atoms with van der Waals surface area (Å²) in [5.41, 5.74) is 1.39. The molecule has 9 heteroatoms. The van der Waals surface area contributed by atoms with Gasteiger partial charge >= 0.3 is 0 Å². The second kappa shape index (κ2) is 6.77. The van der Waals surface area contributed by atoms with Crippen LogP contribution in [0.15, 0.2) is 24.4 Å². The van der Waals surface area contributed by atoms with Gasteiger partial charge in [0.1, 0.15) is 17.0 Å². The van der Waals surface area contributed by atoms with E-state index < -0.39 is 0 Å². The van der Waals surface area contributed by atoms with E-state index in [4.69, 9.17) is 21.3 Å². The van der Waals surface area contributed by atoms with Gasteiger partial charge in [-0.3, -0.25) is 9.48 Å². The summed E-state index contributed by atoms with van der Waals surface area (Å²) in [5.74, 6) is 0.732. The molecular formula is C17H18ClN5O2S. The number of benzene rings is 1. The molecule has 136 valence electrons. The highest BCUT2D eigenvalue weighted by Crippen LogP contribution is 2.38. The van der Waals surface area contributed by atoms with Gasteiger partial charge in [-0.1, -0.05) is 22.9 Å². The lowest BCUT2D eigenvalue weighted by atomic mass is 10.3. The first kappa shape index (κ1) is 17.1. The lowest BCUT2D eigenvalue weighted by Gasteiger charge is -2.34. The third-order valence-corrected chi connectivity index (χ3v) is 6.12. The number of thiazole rings is 1. The van der Waals surface area contributed by atoms with Crippen molar-refractivity contribution in [2.75, 3.05) is 38.2 Å². The van der Waals surface area contributed by atoms with Gasteiger partial charge in [0, 0.05) is 39.4 Å². The highest BCUT2D eigenvalue weighted by atomic mass is 35.5. The number of nitrogens with zero attached hydrogens (tertiary/aromatic N) is 5. The van der Waals surface area contributed by atoms with E-state index in [0.717, 1.165) is 34.2 Å². The lowest BCUT2D eigenvalue weighted by Crippen LogP contribution is -2.49. The first-order valence-electron chi connectivity index (χ1n) is 8.23. The number of piperazine rings is 1. The van der Waals surface area contributed by atoms with Crippen molar-refractivity contribution >= 4 is 44.2 Å². The maximum Gasteiger partial charge on any atom is 0.272 e. The Bertz CT molecular complexity index is 961. The molecule has 1 saturated heterocycles. The number of hydrogen-bond acceptors (Lipinski definition) is 6. The Labute approximate surface area is 159 Å². The van der Waals surface area contributed by atoms with E-state index in [2.05, 4.69) is 10.00 Å². The predicted octanol–water partition coefficient (Wildman–Crippen LogP) is 2.65. The molecule has 7 nitrogen and oxygen atoms in total. The standard InChI is InChI=1S/C17H18ClN5O2S/c1-21-12(5-6-19-21)16(24)22-7-9-23(10-8-22)17-20-14-13(25-2)4-3-11(18)15(14)26-17/h3-6H,7-10H2,1-2H3. The summed E-state index contributed by atoms with van der Waals surface area (Å²) in [6.07, 6.45) is 1.64. The van der Waals surface area contributed by atoms with E-state index in [1.54, 1.807) is 42.4 Å². The number of fused-ring (bicyclic) bond motifs is 1. The molecule has 26 heavy (non-hydrogen) atoms. The van der Waals surface area contributed by atoms with E-state index >= 15 is 0 Å². The zero-order valence-corrected chi connectivity index (χ0v) is 16.0. The third-order valence-electron chi connectivity index (χ3n) is 4.54. The SMILES string of the molecule is COc1ccc(Cl)c2sc(N3CCN(C(=O)c4ccnn4C)CC3)nc12. The van der Waals surface area contributed by atoms with Crippen LogP contribution in [0.5, 0.6) is 5.75 Å². The van der Waals surface area contributed by atoms with Crippen LogP contribution < -0.4 is 9.64 Å². The van der Waals surface area contributed by atoms with Crippen molar-refractivity contribution in [3.8, 4) is 5.75 Å². The molecular weight excluding hydrogens is 374 g/mol. The van der Waals surface area contributed by atoms with Gasteiger partial charge in [-0.15, -0.1) is 0 Å². The fraction of sp³-hybridized carbons (Fsp3) is 0.353. The van der Waals surface area contributed by atoms with Crippen LogP contribution in [0.4, 0.5) is 5.13 Å². The molecule has 0 bridgehead atoms. The quantitative estimate of drug-likeness (QED) is 0.686. The molecule has 1 amide bonds.